The molecule has 1 aliphatic carbocycles. The van der Waals surface area contributed by atoms with Crippen LogP contribution in [0.1, 0.15) is 51.5 Å². The highest BCUT2D eigenvalue weighted by Crippen LogP contribution is 2.40. The molecule has 4 aromatic rings. The Morgan fingerprint density at radius 3 is 2.58 bits per heavy atom. The van der Waals surface area contributed by atoms with E-state index >= 15 is 0 Å². The van der Waals surface area contributed by atoms with E-state index in [1.165, 1.54) is 5.56 Å². The Bertz CT molecular complexity index is 1250. The van der Waals surface area contributed by atoms with Crippen molar-refractivity contribution in [2.24, 2.45) is 0 Å². The number of pyridine rings is 1. The molecule has 0 unspecified atom stereocenters. The normalized spacial score (nSPS) is 13.5. The lowest BCUT2D eigenvalue weighted by molar-refractivity contribution is 0.0695. The van der Waals surface area contributed by atoms with Gasteiger partial charge in [-0.2, -0.15) is 0 Å². The Morgan fingerprint density at radius 1 is 1.10 bits per heavy atom. The third kappa shape index (κ3) is 4.04. The van der Waals surface area contributed by atoms with Gasteiger partial charge in [-0.25, -0.2) is 4.79 Å². The first-order chi connectivity index (χ1) is 15.1. The Morgan fingerprint density at radius 2 is 1.87 bits per heavy atom. The lowest BCUT2D eigenvalue weighted by Crippen LogP contribution is -2.07. The predicted molar refractivity (Wildman–Crippen MR) is 120 cm³/mol. The fourth-order valence-corrected chi connectivity index (χ4v) is 4.09. The number of benzene rings is 2. The van der Waals surface area contributed by atoms with E-state index in [2.05, 4.69) is 52.1 Å². The van der Waals surface area contributed by atoms with Crippen LogP contribution in [-0.2, 0) is 13.0 Å². The maximum absolute atomic E-state index is 11.8. The first-order valence-electron chi connectivity index (χ1n) is 10.5. The predicted octanol–water partition coefficient (Wildman–Crippen LogP) is 5.26. The van der Waals surface area contributed by atoms with Crippen molar-refractivity contribution in [2.75, 3.05) is 7.11 Å². The van der Waals surface area contributed by atoms with Crippen molar-refractivity contribution in [1.29, 1.82) is 0 Å². The van der Waals surface area contributed by atoms with Gasteiger partial charge >= 0.3 is 5.97 Å². The summed E-state index contributed by atoms with van der Waals surface area (Å²) in [6.45, 7) is 0.778. The standard InChI is InChI=1S/C26H24N2O3/c1-31-22-7-2-17(3-8-22)16-28-11-10-20-12-18(4-9-25(20)28)13-24-23(26(29)30)14-21(15-27-24)19-5-6-19/h2-4,7-12,14-15,19H,5-6,13,16H2,1H3,(H,29,30). The Kier molecular flexibility index (Phi) is 4.94. The highest BCUT2D eigenvalue weighted by Gasteiger charge is 2.25. The fourth-order valence-electron chi connectivity index (χ4n) is 4.09. The number of hydrogen-bond acceptors (Lipinski definition) is 3. The van der Waals surface area contributed by atoms with E-state index in [1.807, 2.05) is 24.4 Å². The van der Waals surface area contributed by atoms with Gasteiger partial charge in [-0.1, -0.05) is 18.2 Å². The van der Waals surface area contributed by atoms with Gasteiger partial charge in [0.25, 0.3) is 0 Å². The number of fused-ring (bicyclic) bond motifs is 1. The summed E-state index contributed by atoms with van der Waals surface area (Å²) in [5, 5.41) is 10.8. The average molecular weight is 412 g/mol. The van der Waals surface area contributed by atoms with Crippen molar-refractivity contribution in [2.45, 2.75) is 31.7 Å². The quantitative estimate of drug-likeness (QED) is 0.450. The molecule has 0 atom stereocenters. The van der Waals surface area contributed by atoms with Crippen LogP contribution < -0.4 is 4.74 Å². The van der Waals surface area contributed by atoms with Crippen molar-refractivity contribution in [3.63, 3.8) is 0 Å². The van der Waals surface area contributed by atoms with Gasteiger partial charge in [0.05, 0.1) is 18.4 Å². The second-order valence-electron chi connectivity index (χ2n) is 8.20. The highest BCUT2D eigenvalue weighted by atomic mass is 16.5. The molecular formula is C26H24N2O3. The maximum atomic E-state index is 11.8. The van der Waals surface area contributed by atoms with Crippen LogP contribution in [0.3, 0.4) is 0 Å². The molecule has 0 radical (unpaired) electrons. The number of methoxy groups -OCH3 is 1. The molecule has 0 saturated heterocycles. The van der Waals surface area contributed by atoms with E-state index in [9.17, 15) is 9.90 Å². The van der Waals surface area contributed by atoms with Crippen LogP contribution in [-0.4, -0.2) is 27.7 Å². The van der Waals surface area contributed by atoms with Crippen LogP contribution in [0.5, 0.6) is 5.75 Å². The van der Waals surface area contributed by atoms with E-state index in [1.54, 1.807) is 7.11 Å². The van der Waals surface area contributed by atoms with Gasteiger partial charge in [0.1, 0.15) is 5.75 Å². The number of carboxylic acids is 1. The summed E-state index contributed by atoms with van der Waals surface area (Å²) in [4.78, 5) is 16.3. The summed E-state index contributed by atoms with van der Waals surface area (Å²) in [6.07, 6.45) is 6.70. The SMILES string of the molecule is COc1ccc(Cn2ccc3cc(Cc4ncc(C5CC5)cc4C(=O)O)ccc32)cc1. The van der Waals surface area contributed by atoms with E-state index < -0.39 is 5.97 Å². The minimum atomic E-state index is -0.906. The molecule has 1 fully saturated rings. The molecule has 31 heavy (non-hydrogen) atoms. The molecule has 2 aromatic heterocycles. The topological polar surface area (TPSA) is 64.4 Å². The van der Waals surface area contributed by atoms with Crippen molar-refractivity contribution in [1.82, 2.24) is 9.55 Å². The van der Waals surface area contributed by atoms with Gasteiger partial charge in [-0.15, -0.1) is 0 Å². The maximum Gasteiger partial charge on any atom is 0.337 e. The van der Waals surface area contributed by atoms with Gasteiger partial charge < -0.3 is 14.4 Å². The largest absolute Gasteiger partial charge is 0.497 e. The number of nitrogens with zero attached hydrogens (tertiary/aromatic N) is 2. The molecule has 5 rings (SSSR count). The number of aromatic nitrogens is 2. The molecule has 0 amide bonds. The summed E-state index contributed by atoms with van der Waals surface area (Å²) in [5.74, 6) is 0.434. The van der Waals surface area contributed by atoms with E-state index in [0.29, 0.717) is 23.6 Å². The molecule has 2 heterocycles. The van der Waals surface area contributed by atoms with E-state index in [0.717, 1.165) is 47.2 Å². The number of carboxylic acid groups (broad SMARTS) is 1. The van der Waals surface area contributed by atoms with E-state index in [4.69, 9.17) is 4.74 Å². The number of carbonyl (C=O) groups is 1. The smallest absolute Gasteiger partial charge is 0.337 e. The third-order valence-electron chi connectivity index (χ3n) is 5.99. The van der Waals surface area contributed by atoms with E-state index in [-0.39, 0.29) is 0 Å². The third-order valence-corrected chi connectivity index (χ3v) is 5.99. The number of aromatic carboxylic acids is 1. The zero-order valence-corrected chi connectivity index (χ0v) is 17.4. The minimum absolute atomic E-state index is 0.321. The van der Waals surface area contributed by atoms with Crippen molar-refractivity contribution >= 4 is 16.9 Å². The van der Waals surface area contributed by atoms with Crippen LogP contribution in [0.25, 0.3) is 10.9 Å². The zero-order chi connectivity index (χ0) is 21.4. The first-order valence-corrected chi connectivity index (χ1v) is 10.5. The number of hydrogen-bond donors (Lipinski definition) is 1. The summed E-state index contributed by atoms with van der Waals surface area (Å²) in [5.41, 5.74) is 5.40. The van der Waals surface area contributed by atoms with Crippen molar-refractivity contribution in [3.8, 4) is 5.75 Å². The van der Waals surface area contributed by atoms with Gasteiger partial charge in [0.15, 0.2) is 0 Å². The van der Waals surface area contributed by atoms with Gasteiger partial charge in [0, 0.05) is 30.9 Å². The van der Waals surface area contributed by atoms with Crippen molar-refractivity contribution in [3.05, 3.63) is 94.9 Å². The molecule has 0 bridgehead atoms. The second kappa shape index (κ2) is 7.91. The fraction of sp³-hybridized carbons (Fsp3) is 0.231. The Balaban J connectivity index is 1.39. The molecule has 0 aliphatic heterocycles. The molecule has 1 N–H and O–H groups in total. The molecular weight excluding hydrogens is 388 g/mol. The van der Waals surface area contributed by atoms with Gasteiger partial charge in [-0.3, -0.25) is 4.98 Å². The number of ether oxygens (including phenoxy) is 1. The van der Waals surface area contributed by atoms with Gasteiger partial charge in [0.2, 0.25) is 0 Å². The second-order valence-corrected chi connectivity index (χ2v) is 8.20. The molecule has 0 spiro atoms. The summed E-state index contributed by atoms with van der Waals surface area (Å²) < 4.78 is 7.45. The van der Waals surface area contributed by atoms with Crippen LogP contribution in [0.2, 0.25) is 0 Å². The summed E-state index contributed by atoms with van der Waals surface area (Å²) >= 11 is 0. The molecule has 5 heteroatoms. The minimum Gasteiger partial charge on any atom is -0.497 e. The first kappa shape index (κ1) is 19.4. The molecule has 2 aromatic carbocycles. The van der Waals surface area contributed by atoms with Crippen LogP contribution >= 0.6 is 0 Å². The molecule has 1 saturated carbocycles. The molecule has 156 valence electrons. The zero-order valence-electron chi connectivity index (χ0n) is 17.4. The van der Waals surface area contributed by atoms with Gasteiger partial charge in [-0.05, 0) is 77.2 Å². The lowest BCUT2D eigenvalue weighted by Gasteiger charge is -2.09. The Hall–Kier alpha value is -3.60. The summed E-state index contributed by atoms with van der Waals surface area (Å²) in [6, 6.07) is 18.3. The Labute approximate surface area is 180 Å². The van der Waals surface area contributed by atoms with Crippen LogP contribution in [0.4, 0.5) is 0 Å². The van der Waals surface area contributed by atoms with Crippen molar-refractivity contribution < 1.29 is 14.6 Å². The number of rotatable bonds is 7. The average Bonchev–Trinajstić information content (AvgIpc) is 3.56. The van der Waals surface area contributed by atoms with Crippen LogP contribution in [0.15, 0.2) is 67.0 Å². The van der Waals surface area contributed by atoms with Crippen LogP contribution in [0, 0.1) is 0 Å². The summed E-state index contributed by atoms with van der Waals surface area (Å²) in [7, 11) is 1.67. The monoisotopic (exact) mass is 412 g/mol. The highest BCUT2D eigenvalue weighted by molar-refractivity contribution is 5.89. The molecule has 1 aliphatic rings. The lowest BCUT2D eigenvalue weighted by atomic mass is 10.0. The molecule has 5 nitrogen and oxygen atoms in total.